The van der Waals surface area contributed by atoms with Gasteiger partial charge in [-0.15, -0.1) is 0 Å². The van der Waals surface area contributed by atoms with Gasteiger partial charge in [-0.1, -0.05) is 0 Å². The van der Waals surface area contributed by atoms with Gasteiger partial charge in [0.2, 0.25) is 11.7 Å². The quantitative estimate of drug-likeness (QED) is 0.574. The Morgan fingerprint density at radius 1 is 1.22 bits per heavy atom. The summed E-state index contributed by atoms with van der Waals surface area (Å²) in [7, 11) is 1.66. The molecular formula is C20H20F3N7O2. The van der Waals surface area contributed by atoms with Gasteiger partial charge in [0.1, 0.15) is 29.5 Å². The van der Waals surface area contributed by atoms with Gasteiger partial charge in [0.15, 0.2) is 5.65 Å². The molecule has 12 heteroatoms. The normalized spacial score (nSPS) is 15.1. The second kappa shape index (κ2) is 9.05. The number of piperidine rings is 1. The zero-order valence-corrected chi connectivity index (χ0v) is 17.2. The number of aryl methyl sites for hydroxylation is 1. The van der Waals surface area contributed by atoms with E-state index in [9.17, 15) is 18.4 Å². The molecule has 1 aliphatic heterocycles. The molecule has 0 unspecified atom stereocenters. The Bertz CT molecular complexity index is 1150. The molecule has 3 aromatic heterocycles. The van der Waals surface area contributed by atoms with E-state index in [-0.39, 0.29) is 41.9 Å². The van der Waals surface area contributed by atoms with Crippen molar-refractivity contribution in [3.8, 4) is 23.2 Å². The molecule has 0 saturated carbocycles. The topological polar surface area (TPSA) is 111 Å². The number of nitrogens with one attached hydrogen (secondary N) is 1. The van der Waals surface area contributed by atoms with Crippen molar-refractivity contribution in [2.75, 3.05) is 26.3 Å². The van der Waals surface area contributed by atoms with Crippen molar-refractivity contribution in [1.29, 1.82) is 5.26 Å². The Labute approximate surface area is 181 Å². The van der Waals surface area contributed by atoms with Crippen molar-refractivity contribution in [1.82, 2.24) is 29.8 Å². The van der Waals surface area contributed by atoms with Crippen molar-refractivity contribution in [2.24, 2.45) is 7.05 Å². The maximum absolute atomic E-state index is 13.7. The minimum atomic E-state index is -4.71. The molecule has 9 nitrogen and oxygen atoms in total. The first-order valence-corrected chi connectivity index (χ1v) is 9.98. The van der Waals surface area contributed by atoms with E-state index in [1.165, 1.54) is 12.5 Å². The van der Waals surface area contributed by atoms with Crippen LogP contribution in [0.5, 0.6) is 5.88 Å². The van der Waals surface area contributed by atoms with Crippen LogP contribution in [0.3, 0.4) is 0 Å². The Kier molecular flexibility index (Phi) is 6.20. The SMILES string of the molecule is Cn1cnc2c(-c3cnc(OCCOC4CCNCC4)c(C(F)(F)F)c3)nc(C#N)nc21. The molecular weight excluding hydrogens is 427 g/mol. The summed E-state index contributed by atoms with van der Waals surface area (Å²) in [5, 5.41) is 12.4. The number of alkyl halides is 3. The summed E-state index contributed by atoms with van der Waals surface area (Å²) in [5.41, 5.74) is -0.303. The highest BCUT2D eigenvalue weighted by Crippen LogP contribution is 2.38. The van der Waals surface area contributed by atoms with Crippen LogP contribution in [0.25, 0.3) is 22.4 Å². The van der Waals surface area contributed by atoms with E-state index in [2.05, 4.69) is 25.3 Å². The lowest BCUT2D eigenvalue weighted by Crippen LogP contribution is -2.33. The van der Waals surface area contributed by atoms with Crippen LogP contribution in [0, 0.1) is 11.3 Å². The highest BCUT2D eigenvalue weighted by Gasteiger charge is 2.36. The molecule has 32 heavy (non-hydrogen) atoms. The van der Waals surface area contributed by atoms with Gasteiger partial charge in [-0.05, 0) is 32.0 Å². The summed E-state index contributed by atoms with van der Waals surface area (Å²) in [5.74, 6) is -0.720. The third-order valence-corrected chi connectivity index (χ3v) is 5.05. The second-order valence-corrected chi connectivity index (χ2v) is 7.28. The number of nitriles is 1. The molecule has 1 aliphatic rings. The first-order chi connectivity index (χ1) is 15.4. The molecule has 4 heterocycles. The number of hydrogen-bond acceptors (Lipinski definition) is 8. The van der Waals surface area contributed by atoms with Crippen molar-refractivity contribution in [3.63, 3.8) is 0 Å². The third kappa shape index (κ3) is 4.63. The fourth-order valence-electron chi connectivity index (χ4n) is 3.47. The molecule has 0 aliphatic carbocycles. The third-order valence-electron chi connectivity index (χ3n) is 5.05. The summed E-state index contributed by atoms with van der Waals surface area (Å²) in [6.07, 6.45) is -0.260. The molecule has 0 aromatic carbocycles. The van der Waals surface area contributed by atoms with Gasteiger partial charge in [0, 0.05) is 18.8 Å². The monoisotopic (exact) mass is 447 g/mol. The largest absolute Gasteiger partial charge is 0.475 e. The summed E-state index contributed by atoms with van der Waals surface area (Å²) >= 11 is 0. The van der Waals surface area contributed by atoms with Crippen LogP contribution in [0.1, 0.15) is 24.2 Å². The lowest BCUT2D eigenvalue weighted by Gasteiger charge is -2.23. The van der Waals surface area contributed by atoms with Crippen LogP contribution in [0.4, 0.5) is 13.2 Å². The molecule has 0 atom stereocenters. The molecule has 1 saturated heterocycles. The van der Waals surface area contributed by atoms with Gasteiger partial charge < -0.3 is 19.4 Å². The number of imidazole rings is 1. The van der Waals surface area contributed by atoms with Gasteiger partial charge >= 0.3 is 6.18 Å². The molecule has 3 aromatic rings. The summed E-state index contributed by atoms with van der Waals surface area (Å²) in [6.45, 7) is 1.81. The minimum absolute atomic E-state index is 0.0539. The number of rotatable bonds is 6. The molecule has 168 valence electrons. The zero-order valence-electron chi connectivity index (χ0n) is 17.2. The van der Waals surface area contributed by atoms with E-state index in [1.807, 2.05) is 6.07 Å². The highest BCUT2D eigenvalue weighted by atomic mass is 19.4. The van der Waals surface area contributed by atoms with E-state index in [0.717, 1.165) is 32.0 Å². The maximum atomic E-state index is 13.7. The minimum Gasteiger partial charge on any atom is -0.475 e. The van der Waals surface area contributed by atoms with E-state index < -0.39 is 17.6 Å². The molecule has 0 bridgehead atoms. The van der Waals surface area contributed by atoms with Crippen LogP contribution < -0.4 is 10.1 Å². The zero-order chi connectivity index (χ0) is 22.7. The lowest BCUT2D eigenvalue weighted by atomic mass is 10.1. The number of aromatic nitrogens is 5. The van der Waals surface area contributed by atoms with Gasteiger partial charge in [0.05, 0.1) is 19.0 Å². The van der Waals surface area contributed by atoms with Crippen molar-refractivity contribution >= 4 is 11.2 Å². The van der Waals surface area contributed by atoms with E-state index >= 15 is 0 Å². The number of halogens is 3. The maximum Gasteiger partial charge on any atom is 0.421 e. The average Bonchev–Trinajstić information content (AvgIpc) is 3.17. The fourth-order valence-corrected chi connectivity index (χ4v) is 3.47. The van der Waals surface area contributed by atoms with Gasteiger partial charge in [-0.3, -0.25) is 0 Å². The molecule has 0 radical (unpaired) electrons. The van der Waals surface area contributed by atoms with Crippen LogP contribution in [-0.2, 0) is 18.0 Å². The predicted molar refractivity (Wildman–Crippen MR) is 107 cm³/mol. The number of ether oxygens (including phenoxy) is 2. The average molecular weight is 447 g/mol. The first-order valence-electron chi connectivity index (χ1n) is 9.98. The summed E-state index contributed by atoms with van der Waals surface area (Å²) in [4.78, 5) is 16.2. The molecule has 0 amide bonds. The number of nitrogens with zero attached hydrogens (tertiary/aromatic N) is 6. The summed E-state index contributed by atoms with van der Waals surface area (Å²) in [6, 6.07) is 2.71. The fraction of sp³-hybridized carbons (Fsp3) is 0.450. The van der Waals surface area contributed by atoms with E-state index in [1.54, 1.807) is 11.6 Å². The van der Waals surface area contributed by atoms with Crippen molar-refractivity contribution in [3.05, 3.63) is 30.0 Å². The first kappa shape index (κ1) is 21.9. The molecule has 1 N–H and O–H groups in total. The smallest absolute Gasteiger partial charge is 0.421 e. The Morgan fingerprint density at radius 2 is 2.00 bits per heavy atom. The predicted octanol–water partition coefficient (Wildman–Crippen LogP) is 2.46. The van der Waals surface area contributed by atoms with Gasteiger partial charge in [0.25, 0.3) is 0 Å². The second-order valence-electron chi connectivity index (χ2n) is 7.28. The Balaban J connectivity index is 1.59. The van der Waals surface area contributed by atoms with Gasteiger partial charge in [-0.2, -0.15) is 23.4 Å². The lowest BCUT2D eigenvalue weighted by molar-refractivity contribution is -0.139. The number of hydrogen-bond donors (Lipinski definition) is 1. The van der Waals surface area contributed by atoms with Crippen LogP contribution in [0.15, 0.2) is 18.6 Å². The molecule has 1 fully saturated rings. The van der Waals surface area contributed by atoms with Crippen LogP contribution >= 0.6 is 0 Å². The van der Waals surface area contributed by atoms with E-state index in [4.69, 9.17) is 9.47 Å². The number of pyridine rings is 1. The van der Waals surface area contributed by atoms with Crippen molar-refractivity contribution < 1.29 is 22.6 Å². The van der Waals surface area contributed by atoms with Crippen LogP contribution in [-0.4, -0.2) is 56.9 Å². The Morgan fingerprint density at radius 3 is 2.72 bits per heavy atom. The van der Waals surface area contributed by atoms with Gasteiger partial charge in [-0.25, -0.2) is 15.0 Å². The Hall–Kier alpha value is -3.30. The van der Waals surface area contributed by atoms with Crippen LogP contribution in [0.2, 0.25) is 0 Å². The highest BCUT2D eigenvalue weighted by molar-refractivity contribution is 5.87. The molecule has 4 rings (SSSR count). The molecule has 0 spiro atoms. The van der Waals surface area contributed by atoms with E-state index in [0.29, 0.717) is 5.65 Å². The van der Waals surface area contributed by atoms with Crippen molar-refractivity contribution in [2.45, 2.75) is 25.1 Å². The summed E-state index contributed by atoms with van der Waals surface area (Å²) < 4.78 is 53.8. The standard InChI is InChI=1S/C20H20F3N7O2/c1-30-11-27-17-16(28-15(9-24)29-18(17)30)12-8-14(20(21,22)23)19(26-10-12)32-7-6-31-13-2-4-25-5-3-13/h8,10-11,13,25H,2-7H2,1H3. The number of fused-ring (bicyclic) bond motifs is 1.